The van der Waals surface area contributed by atoms with Crippen LogP contribution >= 0.6 is 11.6 Å². The van der Waals surface area contributed by atoms with Gasteiger partial charge in [0.05, 0.1) is 5.02 Å². The van der Waals surface area contributed by atoms with Crippen LogP contribution in [0.4, 0.5) is 0 Å². The molecule has 0 atom stereocenters. The lowest BCUT2D eigenvalue weighted by Gasteiger charge is -1.98. The van der Waals surface area contributed by atoms with Crippen LogP contribution in [0, 0.1) is 0 Å². The molecule has 0 unspecified atom stereocenters. The Morgan fingerprint density at radius 3 is 2.71 bits per heavy atom. The molecule has 3 heterocycles. The molecule has 0 bridgehead atoms. The van der Waals surface area contributed by atoms with Gasteiger partial charge >= 0.3 is 0 Å². The number of H-pyrrole nitrogens is 3. The number of fused-ring (bicyclic) bond motifs is 1. The second-order valence-electron chi connectivity index (χ2n) is 6.32. The third-order valence-corrected chi connectivity index (χ3v) is 4.84. The molecule has 0 amide bonds. The fourth-order valence-electron chi connectivity index (χ4n) is 3.36. The number of nitrogens with one attached hydrogen (secondary N) is 3. The summed E-state index contributed by atoms with van der Waals surface area (Å²) in [5.41, 5.74) is 3.76. The third-order valence-electron chi connectivity index (χ3n) is 4.63. The Hall–Kier alpha value is -2.27. The average molecular weight is 343 g/mol. The van der Waals surface area contributed by atoms with E-state index in [2.05, 4.69) is 19.9 Å². The van der Waals surface area contributed by atoms with Crippen LogP contribution in [-0.2, 0) is 0 Å². The summed E-state index contributed by atoms with van der Waals surface area (Å²) in [5, 5.41) is 2.04. The van der Waals surface area contributed by atoms with Crippen molar-refractivity contribution in [2.45, 2.75) is 38.5 Å². The fourth-order valence-corrected chi connectivity index (χ4v) is 3.52. The fraction of sp³-hybridized carbons (Fsp3) is 0.333. The SMILES string of the molecule is O=c1[nH]c(=C2CCCCCC2)[nH]/c1=C\c1c[nH]c2ncc(Cl)cc12. The first-order valence-corrected chi connectivity index (χ1v) is 8.73. The second kappa shape index (κ2) is 6.32. The quantitative estimate of drug-likeness (QED) is 0.594. The Morgan fingerprint density at radius 2 is 1.92 bits per heavy atom. The molecule has 0 spiro atoms. The zero-order chi connectivity index (χ0) is 16.5. The summed E-state index contributed by atoms with van der Waals surface area (Å²) in [6.45, 7) is 0. The van der Waals surface area contributed by atoms with E-state index in [1.807, 2.05) is 18.3 Å². The lowest BCUT2D eigenvalue weighted by molar-refractivity contribution is 0.702. The third kappa shape index (κ3) is 2.91. The minimum atomic E-state index is -0.0916. The first-order valence-electron chi connectivity index (χ1n) is 8.35. The Morgan fingerprint density at radius 1 is 1.12 bits per heavy atom. The second-order valence-corrected chi connectivity index (χ2v) is 6.76. The van der Waals surface area contributed by atoms with Crippen LogP contribution in [0.2, 0.25) is 5.02 Å². The van der Waals surface area contributed by atoms with Crippen molar-refractivity contribution in [2.75, 3.05) is 0 Å². The summed E-state index contributed by atoms with van der Waals surface area (Å²) in [4.78, 5) is 25.9. The van der Waals surface area contributed by atoms with Gasteiger partial charge < -0.3 is 15.0 Å². The summed E-state index contributed by atoms with van der Waals surface area (Å²) in [7, 11) is 0. The van der Waals surface area contributed by atoms with Crippen molar-refractivity contribution >= 4 is 34.3 Å². The maximum atomic E-state index is 12.3. The molecule has 124 valence electrons. The van der Waals surface area contributed by atoms with E-state index in [0.717, 1.165) is 34.9 Å². The van der Waals surface area contributed by atoms with Crippen molar-refractivity contribution in [3.8, 4) is 0 Å². The maximum Gasteiger partial charge on any atom is 0.273 e. The number of nitrogens with zero attached hydrogens (tertiary/aromatic N) is 1. The van der Waals surface area contributed by atoms with Gasteiger partial charge in [-0.3, -0.25) is 4.79 Å². The van der Waals surface area contributed by atoms with Crippen LogP contribution in [0.3, 0.4) is 0 Å². The molecule has 0 radical (unpaired) electrons. The van der Waals surface area contributed by atoms with E-state index in [9.17, 15) is 4.79 Å². The Kier molecular flexibility index (Phi) is 4.02. The number of pyridine rings is 1. The van der Waals surface area contributed by atoms with E-state index in [-0.39, 0.29) is 5.56 Å². The largest absolute Gasteiger partial charge is 0.346 e. The number of aromatic nitrogens is 4. The van der Waals surface area contributed by atoms with Crippen molar-refractivity contribution in [3.05, 3.63) is 50.2 Å². The number of hydrogen-bond acceptors (Lipinski definition) is 2. The smallest absolute Gasteiger partial charge is 0.273 e. The van der Waals surface area contributed by atoms with E-state index in [0.29, 0.717) is 10.4 Å². The number of rotatable bonds is 1. The number of imidazole rings is 1. The molecule has 0 aromatic carbocycles. The molecule has 4 rings (SSSR count). The molecule has 5 nitrogen and oxygen atoms in total. The predicted molar refractivity (Wildman–Crippen MR) is 96.4 cm³/mol. The highest BCUT2D eigenvalue weighted by molar-refractivity contribution is 6.31. The van der Waals surface area contributed by atoms with Crippen molar-refractivity contribution in [1.82, 2.24) is 19.9 Å². The van der Waals surface area contributed by atoms with Gasteiger partial charge in [-0.2, -0.15) is 0 Å². The van der Waals surface area contributed by atoms with Gasteiger partial charge in [-0.05, 0) is 43.4 Å². The minimum Gasteiger partial charge on any atom is -0.346 e. The van der Waals surface area contributed by atoms with Crippen molar-refractivity contribution < 1.29 is 0 Å². The minimum absolute atomic E-state index is 0.0916. The highest BCUT2D eigenvalue weighted by Crippen LogP contribution is 2.21. The monoisotopic (exact) mass is 342 g/mol. The molecule has 1 aliphatic rings. The van der Waals surface area contributed by atoms with Crippen LogP contribution in [0.25, 0.3) is 22.7 Å². The van der Waals surface area contributed by atoms with Crippen LogP contribution in [0.5, 0.6) is 0 Å². The van der Waals surface area contributed by atoms with E-state index < -0.39 is 0 Å². The van der Waals surface area contributed by atoms with Gasteiger partial charge in [0.1, 0.15) is 16.5 Å². The highest BCUT2D eigenvalue weighted by atomic mass is 35.5. The molecule has 3 aromatic rings. The molecule has 0 aliphatic heterocycles. The Labute approximate surface area is 143 Å². The lowest BCUT2D eigenvalue weighted by Crippen LogP contribution is -2.22. The van der Waals surface area contributed by atoms with E-state index in [1.54, 1.807) is 6.20 Å². The molecule has 24 heavy (non-hydrogen) atoms. The van der Waals surface area contributed by atoms with Crippen LogP contribution in [0.15, 0.2) is 23.3 Å². The maximum absolute atomic E-state index is 12.3. The van der Waals surface area contributed by atoms with Gasteiger partial charge in [-0.1, -0.05) is 24.4 Å². The highest BCUT2D eigenvalue weighted by Gasteiger charge is 2.08. The summed E-state index contributed by atoms with van der Waals surface area (Å²) in [6.07, 6.45) is 12.3. The topological polar surface area (TPSA) is 77.3 Å². The molecular formula is C18H19ClN4O. The molecule has 1 aliphatic carbocycles. The normalized spacial score (nSPS) is 16.7. The average Bonchev–Trinajstić information content (AvgIpc) is 3.01. The van der Waals surface area contributed by atoms with E-state index in [1.165, 1.54) is 31.3 Å². The van der Waals surface area contributed by atoms with Gasteiger partial charge in [0, 0.05) is 23.3 Å². The Bertz CT molecular complexity index is 1050. The first kappa shape index (κ1) is 15.3. The molecular weight excluding hydrogens is 324 g/mol. The van der Waals surface area contributed by atoms with E-state index in [4.69, 9.17) is 11.6 Å². The zero-order valence-electron chi connectivity index (χ0n) is 13.3. The standard InChI is InChI=1S/C18H19ClN4O/c19-13-8-14-12(9-20-17(14)21-10-13)7-15-18(24)23-16(22-15)11-5-3-1-2-4-6-11/h7-10,22H,1-6H2,(H,20,21)(H,23,24)/b15-7-. The molecule has 6 heteroatoms. The van der Waals surface area contributed by atoms with Crippen LogP contribution in [0.1, 0.15) is 44.1 Å². The first-order chi connectivity index (χ1) is 11.7. The molecule has 3 aromatic heterocycles. The number of hydrogen-bond donors (Lipinski definition) is 3. The summed E-state index contributed by atoms with van der Waals surface area (Å²) in [5.74, 6) is 0. The number of aromatic amines is 3. The Balaban J connectivity index is 1.84. The molecule has 3 N–H and O–H groups in total. The van der Waals surface area contributed by atoms with E-state index >= 15 is 0 Å². The van der Waals surface area contributed by atoms with Gasteiger partial charge in [0.25, 0.3) is 5.56 Å². The molecule has 1 fully saturated rings. The summed E-state index contributed by atoms with van der Waals surface area (Å²) in [6, 6.07) is 1.85. The summed E-state index contributed by atoms with van der Waals surface area (Å²) >= 11 is 6.03. The van der Waals surface area contributed by atoms with Gasteiger partial charge in [-0.25, -0.2) is 4.98 Å². The van der Waals surface area contributed by atoms with Gasteiger partial charge in [0.15, 0.2) is 0 Å². The molecule has 1 saturated carbocycles. The number of halogens is 1. The summed E-state index contributed by atoms with van der Waals surface area (Å²) < 4.78 is 0. The van der Waals surface area contributed by atoms with Crippen LogP contribution in [-0.4, -0.2) is 19.9 Å². The van der Waals surface area contributed by atoms with Gasteiger partial charge in [0.2, 0.25) is 0 Å². The van der Waals surface area contributed by atoms with Crippen molar-refractivity contribution in [3.63, 3.8) is 0 Å². The molecule has 0 saturated heterocycles. The zero-order valence-corrected chi connectivity index (χ0v) is 14.0. The van der Waals surface area contributed by atoms with Crippen molar-refractivity contribution in [2.24, 2.45) is 0 Å². The van der Waals surface area contributed by atoms with Crippen molar-refractivity contribution in [1.29, 1.82) is 0 Å². The lowest BCUT2D eigenvalue weighted by atomic mass is 10.1. The van der Waals surface area contributed by atoms with Gasteiger partial charge in [-0.15, -0.1) is 0 Å². The predicted octanol–water partition coefficient (Wildman–Crippen LogP) is 2.57. The van der Waals surface area contributed by atoms with Crippen LogP contribution < -0.4 is 16.4 Å².